The lowest BCUT2D eigenvalue weighted by atomic mass is 10.2. The Hall–Kier alpha value is -0.830. The monoisotopic (exact) mass is 184 g/mol. The first-order chi connectivity index (χ1) is 5.68. The molecule has 0 unspecified atom stereocenters. The molecule has 12 heavy (non-hydrogen) atoms. The van der Waals surface area contributed by atoms with E-state index >= 15 is 0 Å². The van der Waals surface area contributed by atoms with Crippen molar-refractivity contribution in [3.05, 3.63) is 21.9 Å². The van der Waals surface area contributed by atoms with Crippen LogP contribution in [-0.4, -0.2) is 12.6 Å². The molecule has 0 bridgehead atoms. The van der Waals surface area contributed by atoms with Gasteiger partial charge < -0.3 is 4.74 Å². The summed E-state index contributed by atoms with van der Waals surface area (Å²) in [6, 6.07) is 2.12. The van der Waals surface area contributed by atoms with Gasteiger partial charge in [0.15, 0.2) is 0 Å². The van der Waals surface area contributed by atoms with Crippen molar-refractivity contribution in [3.8, 4) is 0 Å². The van der Waals surface area contributed by atoms with Crippen molar-refractivity contribution in [2.75, 3.05) is 6.61 Å². The largest absolute Gasteiger partial charge is 0.466 e. The Morgan fingerprint density at radius 1 is 1.67 bits per heavy atom. The van der Waals surface area contributed by atoms with Crippen LogP contribution in [0.3, 0.4) is 0 Å². The standard InChI is InChI=1S/C9H12O2S/c1-7-5-9(6-12-7)3-4-11-8(2)10/h5-6H,3-4H2,1-2H3. The van der Waals surface area contributed by atoms with Gasteiger partial charge >= 0.3 is 5.97 Å². The van der Waals surface area contributed by atoms with Crippen LogP contribution < -0.4 is 0 Å². The van der Waals surface area contributed by atoms with Gasteiger partial charge in [0.2, 0.25) is 0 Å². The van der Waals surface area contributed by atoms with Gasteiger partial charge in [-0.05, 0) is 23.9 Å². The van der Waals surface area contributed by atoms with E-state index in [9.17, 15) is 4.79 Å². The van der Waals surface area contributed by atoms with Crippen molar-refractivity contribution < 1.29 is 9.53 Å². The highest BCUT2D eigenvalue weighted by atomic mass is 32.1. The van der Waals surface area contributed by atoms with E-state index in [0.717, 1.165) is 6.42 Å². The zero-order valence-electron chi connectivity index (χ0n) is 7.29. The highest BCUT2D eigenvalue weighted by molar-refractivity contribution is 7.10. The number of rotatable bonds is 3. The summed E-state index contributed by atoms with van der Waals surface area (Å²) in [4.78, 5) is 11.7. The summed E-state index contributed by atoms with van der Waals surface area (Å²) in [5, 5.41) is 2.10. The molecule has 66 valence electrons. The molecule has 0 saturated carbocycles. The molecule has 0 N–H and O–H groups in total. The van der Waals surface area contributed by atoms with E-state index in [2.05, 4.69) is 18.4 Å². The second-order valence-corrected chi connectivity index (χ2v) is 3.77. The van der Waals surface area contributed by atoms with E-state index < -0.39 is 0 Å². The molecule has 0 spiro atoms. The Morgan fingerprint density at radius 3 is 2.92 bits per heavy atom. The summed E-state index contributed by atoms with van der Waals surface area (Å²) in [5.74, 6) is -0.207. The van der Waals surface area contributed by atoms with E-state index in [1.807, 2.05) is 0 Å². The van der Waals surface area contributed by atoms with Crippen molar-refractivity contribution in [1.29, 1.82) is 0 Å². The number of carbonyl (C=O) groups is 1. The molecule has 1 aromatic rings. The van der Waals surface area contributed by atoms with Crippen LogP contribution in [0.25, 0.3) is 0 Å². The minimum Gasteiger partial charge on any atom is -0.466 e. The summed E-state index contributed by atoms with van der Waals surface area (Å²) in [6.45, 7) is 3.99. The zero-order valence-corrected chi connectivity index (χ0v) is 8.11. The third-order valence-corrected chi connectivity index (χ3v) is 2.39. The van der Waals surface area contributed by atoms with Gasteiger partial charge in [-0.2, -0.15) is 0 Å². The number of esters is 1. The lowest BCUT2D eigenvalue weighted by Gasteiger charge is -1.98. The van der Waals surface area contributed by atoms with Crippen molar-refractivity contribution >= 4 is 17.3 Å². The van der Waals surface area contributed by atoms with E-state index in [0.29, 0.717) is 6.61 Å². The van der Waals surface area contributed by atoms with E-state index in [1.54, 1.807) is 11.3 Å². The summed E-state index contributed by atoms with van der Waals surface area (Å²) in [6.07, 6.45) is 0.823. The number of ether oxygens (including phenoxy) is 1. The lowest BCUT2D eigenvalue weighted by Crippen LogP contribution is -2.02. The van der Waals surface area contributed by atoms with Crippen LogP contribution in [0, 0.1) is 6.92 Å². The number of thiophene rings is 1. The molecule has 0 amide bonds. The van der Waals surface area contributed by atoms with E-state index in [4.69, 9.17) is 4.74 Å². The molecule has 0 aliphatic heterocycles. The van der Waals surface area contributed by atoms with Crippen LogP contribution in [0.2, 0.25) is 0 Å². The Bertz CT molecular complexity index is 265. The van der Waals surface area contributed by atoms with Crippen LogP contribution in [0.1, 0.15) is 17.4 Å². The highest BCUT2D eigenvalue weighted by Crippen LogP contribution is 2.13. The number of aryl methyl sites for hydroxylation is 1. The second kappa shape index (κ2) is 4.26. The molecular weight excluding hydrogens is 172 g/mol. The van der Waals surface area contributed by atoms with Crippen molar-refractivity contribution in [3.63, 3.8) is 0 Å². The molecule has 0 aliphatic rings. The smallest absolute Gasteiger partial charge is 0.302 e. The van der Waals surface area contributed by atoms with Crippen molar-refractivity contribution in [1.82, 2.24) is 0 Å². The molecule has 0 aromatic carbocycles. The van der Waals surface area contributed by atoms with Gasteiger partial charge in [0.25, 0.3) is 0 Å². The summed E-state index contributed by atoms with van der Waals surface area (Å²) in [5.41, 5.74) is 1.25. The predicted molar refractivity (Wildman–Crippen MR) is 49.4 cm³/mol. The number of hydrogen-bond acceptors (Lipinski definition) is 3. The van der Waals surface area contributed by atoms with Gasteiger partial charge in [-0.3, -0.25) is 4.79 Å². The third-order valence-electron chi connectivity index (χ3n) is 1.48. The maximum atomic E-state index is 10.4. The number of hydrogen-bond donors (Lipinski definition) is 0. The minimum absolute atomic E-state index is 0.207. The molecule has 0 aliphatic carbocycles. The molecule has 1 rings (SSSR count). The third kappa shape index (κ3) is 3.05. The fraction of sp³-hybridized carbons (Fsp3) is 0.444. The van der Waals surface area contributed by atoms with E-state index in [1.165, 1.54) is 17.4 Å². The second-order valence-electron chi connectivity index (χ2n) is 2.66. The van der Waals surface area contributed by atoms with Crippen molar-refractivity contribution in [2.24, 2.45) is 0 Å². The fourth-order valence-electron chi connectivity index (χ4n) is 0.941. The molecule has 1 heterocycles. The average molecular weight is 184 g/mol. The van der Waals surface area contributed by atoms with Gasteiger partial charge in [0.05, 0.1) is 6.61 Å². The normalized spacial score (nSPS) is 9.83. The van der Waals surface area contributed by atoms with Gasteiger partial charge in [0, 0.05) is 18.2 Å². The van der Waals surface area contributed by atoms with Crippen LogP contribution in [0.5, 0.6) is 0 Å². The first-order valence-corrected chi connectivity index (χ1v) is 4.74. The Kier molecular flexibility index (Phi) is 3.29. The van der Waals surface area contributed by atoms with Crippen LogP contribution in [0.4, 0.5) is 0 Å². The maximum Gasteiger partial charge on any atom is 0.302 e. The number of carbonyl (C=O) groups excluding carboxylic acids is 1. The van der Waals surface area contributed by atoms with Crippen LogP contribution in [-0.2, 0) is 16.0 Å². The molecule has 0 atom stereocenters. The summed E-state index contributed by atoms with van der Waals surface area (Å²) >= 11 is 1.72. The first kappa shape index (κ1) is 9.26. The van der Waals surface area contributed by atoms with Gasteiger partial charge in [-0.1, -0.05) is 0 Å². The Balaban J connectivity index is 2.29. The van der Waals surface area contributed by atoms with Gasteiger partial charge in [-0.15, -0.1) is 11.3 Å². The summed E-state index contributed by atoms with van der Waals surface area (Å²) < 4.78 is 4.82. The Morgan fingerprint density at radius 2 is 2.42 bits per heavy atom. The fourth-order valence-corrected chi connectivity index (χ4v) is 1.68. The molecule has 0 saturated heterocycles. The predicted octanol–water partition coefficient (Wildman–Crippen LogP) is 2.16. The quantitative estimate of drug-likeness (QED) is 0.673. The molecule has 0 fully saturated rings. The Labute approximate surface area is 76.2 Å². The summed E-state index contributed by atoms with van der Waals surface area (Å²) in [7, 11) is 0. The topological polar surface area (TPSA) is 26.3 Å². The highest BCUT2D eigenvalue weighted by Gasteiger charge is 1.97. The first-order valence-electron chi connectivity index (χ1n) is 3.86. The SMILES string of the molecule is CC(=O)OCCc1csc(C)c1. The van der Waals surface area contributed by atoms with Crippen LogP contribution >= 0.6 is 11.3 Å². The molecule has 0 radical (unpaired) electrons. The average Bonchev–Trinajstić information content (AvgIpc) is 2.35. The lowest BCUT2D eigenvalue weighted by molar-refractivity contribution is -0.140. The molecular formula is C9H12O2S. The molecule has 1 aromatic heterocycles. The van der Waals surface area contributed by atoms with Crippen LogP contribution in [0.15, 0.2) is 11.4 Å². The zero-order chi connectivity index (χ0) is 8.97. The maximum absolute atomic E-state index is 10.4. The molecule has 2 nitrogen and oxygen atoms in total. The van der Waals surface area contributed by atoms with Gasteiger partial charge in [0.1, 0.15) is 0 Å². The molecule has 3 heteroatoms. The minimum atomic E-state index is -0.207. The van der Waals surface area contributed by atoms with E-state index in [-0.39, 0.29) is 5.97 Å². The van der Waals surface area contributed by atoms with Crippen molar-refractivity contribution in [2.45, 2.75) is 20.3 Å². The van der Waals surface area contributed by atoms with Gasteiger partial charge in [-0.25, -0.2) is 0 Å².